The number of ether oxygens (including phenoxy) is 1. The molecule has 1 aliphatic rings. The zero-order valence-electron chi connectivity index (χ0n) is 10.4. The lowest BCUT2D eigenvalue weighted by Crippen LogP contribution is -2.32. The quantitative estimate of drug-likeness (QED) is 0.528. The van der Waals surface area contributed by atoms with Gasteiger partial charge in [0, 0.05) is 5.56 Å². The number of rotatable bonds is 2. The summed E-state index contributed by atoms with van der Waals surface area (Å²) in [5.74, 6) is 0. The second-order valence-corrected chi connectivity index (χ2v) is 6.58. The second kappa shape index (κ2) is 5.80. The van der Waals surface area contributed by atoms with Gasteiger partial charge in [-0.15, -0.1) is 0 Å². The molecule has 0 spiro atoms. The Hall–Kier alpha value is -0.160. The molecule has 0 saturated carbocycles. The molecule has 0 bridgehead atoms. The topological polar surface area (TPSA) is 98.6 Å². The molecule has 1 saturated heterocycles. The van der Waals surface area contributed by atoms with E-state index in [1.54, 1.807) is 6.07 Å². The first kappa shape index (κ1) is 15.7. The number of fused-ring (bicyclic) bond motifs is 1. The fourth-order valence-corrected chi connectivity index (χ4v) is 3.48. The summed E-state index contributed by atoms with van der Waals surface area (Å²) in [6.45, 7) is -0.409. The fraction of sp³-hybridized carbons (Fsp3) is 0.417. The van der Waals surface area contributed by atoms with Crippen molar-refractivity contribution in [3.8, 4) is 0 Å². The van der Waals surface area contributed by atoms with Crippen molar-refractivity contribution in [2.75, 3.05) is 6.61 Å². The van der Waals surface area contributed by atoms with Gasteiger partial charge in [-0.2, -0.15) is 0 Å². The average Bonchev–Trinajstić information content (AvgIpc) is 2.93. The van der Waals surface area contributed by atoms with Crippen molar-refractivity contribution in [1.29, 1.82) is 0 Å². The molecule has 6 nitrogen and oxygen atoms in total. The van der Waals surface area contributed by atoms with Gasteiger partial charge in [-0.3, -0.25) is 0 Å². The van der Waals surface area contributed by atoms with E-state index in [1.807, 2.05) is 22.6 Å². The lowest BCUT2D eigenvalue weighted by atomic mass is 10.00. The number of hydrogen-bond donors (Lipinski definition) is 4. The van der Waals surface area contributed by atoms with Crippen molar-refractivity contribution in [3.05, 3.63) is 25.5 Å². The van der Waals surface area contributed by atoms with E-state index >= 15 is 0 Å². The van der Waals surface area contributed by atoms with Crippen molar-refractivity contribution in [1.82, 2.24) is 9.97 Å². The molecule has 4 N–H and O–H groups in total. The van der Waals surface area contributed by atoms with Crippen LogP contribution >= 0.6 is 45.8 Å². The molecule has 0 aliphatic carbocycles. The number of aromatic nitrogens is 2. The van der Waals surface area contributed by atoms with Crippen LogP contribution in [0, 0.1) is 3.83 Å². The number of aromatic amines is 1. The predicted molar refractivity (Wildman–Crippen MR) is 85.5 cm³/mol. The molecule has 114 valence electrons. The molecule has 21 heavy (non-hydrogen) atoms. The highest BCUT2D eigenvalue weighted by molar-refractivity contribution is 14.1. The Morgan fingerprint density at radius 2 is 2.05 bits per heavy atom. The Balaban J connectivity index is 2.18. The molecule has 2 heterocycles. The Labute approximate surface area is 143 Å². The third kappa shape index (κ3) is 2.54. The normalized spacial score (nSPS) is 29.4. The Bertz CT molecular complexity index is 695. The fourth-order valence-electron chi connectivity index (χ4n) is 2.49. The summed E-state index contributed by atoms with van der Waals surface area (Å²) < 4.78 is 6.16. The van der Waals surface area contributed by atoms with Crippen LogP contribution < -0.4 is 0 Å². The number of nitrogens with zero attached hydrogens (tertiary/aromatic N) is 1. The molecular formula is C12H11Cl2IN2O4. The smallest absolute Gasteiger partial charge is 0.169 e. The van der Waals surface area contributed by atoms with Crippen LogP contribution in [0.2, 0.25) is 10.0 Å². The minimum absolute atomic E-state index is 0.210. The summed E-state index contributed by atoms with van der Waals surface area (Å²) in [6.07, 6.45) is -4.23. The molecule has 0 amide bonds. The lowest BCUT2D eigenvalue weighted by Gasteiger charge is -2.17. The number of H-pyrrole nitrogens is 1. The van der Waals surface area contributed by atoms with Gasteiger partial charge in [-0.25, -0.2) is 4.98 Å². The van der Waals surface area contributed by atoms with E-state index < -0.39 is 31.0 Å². The molecular weight excluding hydrogens is 434 g/mol. The first-order chi connectivity index (χ1) is 9.93. The molecule has 4 atom stereocenters. The van der Waals surface area contributed by atoms with Gasteiger partial charge in [-0.1, -0.05) is 23.2 Å². The number of hydrogen-bond acceptors (Lipinski definition) is 5. The average molecular weight is 445 g/mol. The van der Waals surface area contributed by atoms with Gasteiger partial charge >= 0.3 is 0 Å². The third-order valence-corrected chi connectivity index (χ3v) is 4.82. The van der Waals surface area contributed by atoms with E-state index in [9.17, 15) is 15.3 Å². The molecule has 1 fully saturated rings. The van der Waals surface area contributed by atoms with E-state index in [2.05, 4.69) is 9.97 Å². The molecule has 0 unspecified atom stereocenters. The number of nitrogens with one attached hydrogen (secondary N) is 1. The van der Waals surface area contributed by atoms with Crippen LogP contribution in [0.3, 0.4) is 0 Å². The minimum atomic E-state index is -1.23. The zero-order chi connectivity index (χ0) is 15.3. The molecule has 1 aliphatic heterocycles. The van der Waals surface area contributed by atoms with Crippen LogP contribution in [-0.2, 0) is 4.74 Å². The van der Waals surface area contributed by atoms with Crippen LogP contribution in [0.15, 0.2) is 6.07 Å². The number of halogens is 3. The largest absolute Gasteiger partial charge is 0.394 e. The number of benzene rings is 1. The van der Waals surface area contributed by atoms with Crippen LogP contribution in [0.4, 0.5) is 0 Å². The van der Waals surface area contributed by atoms with Crippen molar-refractivity contribution in [2.24, 2.45) is 0 Å². The molecule has 0 radical (unpaired) electrons. The van der Waals surface area contributed by atoms with Gasteiger partial charge in [0.2, 0.25) is 0 Å². The molecule has 1 aromatic carbocycles. The molecule has 1 aromatic heterocycles. The summed E-state index contributed by atoms with van der Waals surface area (Å²) in [5, 5.41) is 29.7. The maximum atomic E-state index is 10.2. The van der Waals surface area contributed by atoms with Crippen LogP contribution in [-0.4, -0.2) is 50.2 Å². The van der Waals surface area contributed by atoms with E-state index in [-0.39, 0.29) is 10.0 Å². The summed E-state index contributed by atoms with van der Waals surface area (Å²) in [4.78, 5) is 7.35. The zero-order valence-corrected chi connectivity index (χ0v) is 14.1. The first-order valence-electron chi connectivity index (χ1n) is 6.09. The predicted octanol–water partition coefficient (Wildman–Crippen LogP) is 1.63. The highest BCUT2D eigenvalue weighted by atomic mass is 127. The van der Waals surface area contributed by atoms with Crippen molar-refractivity contribution < 1.29 is 20.1 Å². The van der Waals surface area contributed by atoms with Crippen LogP contribution in [0.1, 0.15) is 11.7 Å². The van der Waals surface area contributed by atoms with E-state index in [4.69, 9.17) is 27.9 Å². The Morgan fingerprint density at radius 1 is 1.33 bits per heavy atom. The summed E-state index contributed by atoms with van der Waals surface area (Å²) in [7, 11) is 0. The van der Waals surface area contributed by atoms with Crippen LogP contribution in [0.5, 0.6) is 0 Å². The Kier molecular flexibility index (Phi) is 4.34. The van der Waals surface area contributed by atoms with Crippen LogP contribution in [0.25, 0.3) is 11.0 Å². The number of aliphatic hydroxyl groups excluding tert-OH is 3. The number of imidazole rings is 1. The van der Waals surface area contributed by atoms with Gasteiger partial charge < -0.3 is 25.0 Å². The highest BCUT2D eigenvalue weighted by Gasteiger charge is 2.45. The van der Waals surface area contributed by atoms with Gasteiger partial charge in [0.25, 0.3) is 0 Å². The number of aliphatic hydroxyl groups is 3. The molecule has 2 aromatic rings. The molecule has 9 heteroatoms. The van der Waals surface area contributed by atoms with Gasteiger partial charge in [0.05, 0.1) is 27.7 Å². The monoisotopic (exact) mass is 444 g/mol. The molecule has 3 rings (SSSR count). The van der Waals surface area contributed by atoms with E-state index in [0.29, 0.717) is 20.4 Å². The van der Waals surface area contributed by atoms with Crippen molar-refractivity contribution in [2.45, 2.75) is 24.4 Å². The highest BCUT2D eigenvalue weighted by Crippen LogP contribution is 2.42. The lowest BCUT2D eigenvalue weighted by molar-refractivity contribution is -0.0223. The van der Waals surface area contributed by atoms with Gasteiger partial charge in [0.15, 0.2) is 3.83 Å². The summed E-state index contributed by atoms with van der Waals surface area (Å²) in [5.41, 5.74) is 1.58. The van der Waals surface area contributed by atoms with E-state index in [0.717, 1.165) is 0 Å². The standard InChI is InChI=1S/C12H11Cl2IN2O4/c13-3-1-4-8(17-12(15)16-4)6(7(3)14)11-10(20)9(19)5(2-18)21-11/h1,5,9-11,18-20H,2H2,(H,16,17)/t5-,9-,10-,11+/m1/s1. The van der Waals surface area contributed by atoms with Crippen molar-refractivity contribution in [3.63, 3.8) is 0 Å². The van der Waals surface area contributed by atoms with E-state index in [1.165, 1.54) is 0 Å². The SMILES string of the molecule is OC[C@H]1O[C@@H](c2c(Cl)c(Cl)cc3[nH]c(I)nc23)[C@H](O)[C@@H]1O. The maximum absolute atomic E-state index is 10.2. The summed E-state index contributed by atoms with van der Waals surface area (Å²) in [6, 6.07) is 1.64. The first-order valence-corrected chi connectivity index (χ1v) is 7.93. The minimum Gasteiger partial charge on any atom is -0.394 e. The summed E-state index contributed by atoms with van der Waals surface area (Å²) >= 11 is 14.4. The van der Waals surface area contributed by atoms with Gasteiger partial charge in [0.1, 0.15) is 24.4 Å². The van der Waals surface area contributed by atoms with Gasteiger partial charge in [-0.05, 0) is 28.7 Å². The maximum Gasteiger partial charge on any atom is 0.169 e. The second-order valence-electron chi connectivity index (χ2n) is 4.77. The Morgan fingerprint density at radius 3 is 2.67 bits per heavy atom. The third-order valence-electron chi connectivity index (χ3n) is 3.50. The van der Waals surface area contributed by atoms with Crippen molar-refractivity contribution >= 4 is 56.8 Å².